The number of hydrogen-bond donors (Lipinski definition) is 2. The molecular weight excluding hydrogens is 242 g/mol. The zero-order chi connectivity index (χ0) is 13.7. The molecule has 5 nitrogen and oxygen atoms in total. The molecular formula is C14H15N3O2. The maximum atomic E-state index is 11.6. The molecule has 0 aliphatic rings. The monoisotopic (exact) mass is 257 g/mol. The van der Waals surface area contributed by atoms with Crippen molar-refractivity contribution in [2.75, 3.05) is 5.73 Å². The molecule has 0 fully saturated rings. The van der Waals surface area contributed by atoms with Crippen molar-refractivity contribution >= 4 is 17.7 Å². The van der Waals surface area contributed by atoms with Gasteiger partial charge in [0.1, 0.15) is 0 Å². The Hall–Kier alpha value is -2.56. The van der Waals surface area contributed by atoms with E-state index in [4.69, 9.17) is 10.3 Å². The third kappa shape index (κ3) is 3.99. The molecule has 0 unspecified atom stereocenters. The fourth-order valence-electron chi connectivity index (χ4n) is 1.51. The highest BCUT2D eigenvalue weighted by molar-refractivity contribution is 5.91. The first-order chi connectivity index (χ1) is 9.13. The molecule has 1 aromatic carbocycles. The maximum Gasteiger partial charge on any atom is 0.244 e. The molecule has 1 amide bonds. The first kappa shape index (κ1) is 12.9. The Labute approximate surface area is 111 Å². The van der Waals surface area contributed by atoms with Gasteiger partial charge in [-0.2, -0.15) is 0 Å². The summed E-state index contributed by atoms with van der Waals surface area (Å²) in [5.41, 5.74) is 7.98. The van der Waals surface area contributed by atoms with Crippen LogP contribution in [-0.2, 0) is 11.3 Å². The highest BCUT2D eigenvalue weighted by Crippen LogP contribution is 2.07. The summed E-state index contributed by atoms with van der Waals surface area (Å²) in [4.78, 5) is 11.6. The highest BCUT2D eigenvalue weighted by Gasteiger charge is 2.01. The summed E-state index contributed by atoms with van der Waals surface area (Å²) < 4.78 is 4.99. The van der Waals surface area contributed by atoms with Crippen molar-refractivity contribution in [1.29, 1.82) is 0 Å². The molecule has 3 N–H and O–H groups in total. The lowest BCUT2D eigenvalue weighted by Crippen LogP contribution is -2.19. The minimum atomic E-state index is -0.189. The van der Waals surface area contributed by atoms with Gasteiger partial charge in [-0.05, 0) is 30.7 Å². The number of amides is 1. The lowest BCUT2D eigenvalue weighted by Gasteiger charge is -1.98. The van der Waals surface area contributed by atoms with Gasteiger partial charge in [-0.1, -0.05) is 17.3 Å². The summed E-state index contributed by atoms with van der Waals surface area (Å²) in [6.07, 6.45) is 3.19. The van der Waals surface area contributed by atoms with Crippen molar-refractivity contribution in [2.24, 2.45) is 0 Å². The first-order valence-corrected chi connectivity index (χ1v) is 5.87. The lowest BCUT2D eigenvalue weighted by molar-refractivity contribution is -0.116. The number of aryl methyl sites for hydroxylation is 1. The molecule has 2 rings (SSSR count). The van der Waals surface area contributed by atoms with Crippen molar-refractivity contribution in [3.8, 4) is 0 Å². The molecule has 0 saturated carbocycles. The van der Waals surface area contributed by atoms with E-state index in [2.05, 4.69) is 10.5 Å². The molecule has 0 bridgehead atoms. The summed E-state index contributed by atoms with van der Waals surface area (Å²) in [5.74, 6) is 0.442. The molecule has 0 atom stereocenters. The second-order valence-corrected chi connectivity index (χ2v) is 4.15. The molecule has 0 aliphatic carbocycles. The van der Waals surface area contributed by atoms with Gasteiger partial charge in [0.25, 0.3) is 0 Å². The van der Waals surface area contributed by atoms with Crippen LogP contribution in [0.25, 0.3) is 6.08 Å². The Morgan fingerprint density at radius 1 is 1.42 bits per heavy atom. The van der Waals surface area contributed by atoms with E-state index in [0.717, 1.165) is 11.3 Å². The third-order valence-electron chi connectivity index (χ3n) is 2.48. The van der Waals surface area contributed by atoms with E-state index in [-0.39, 0.29) is 5.91 Å². The third-order valence-corrected chi connectivity index (χ3v) is 2.48. The Balaban J connectivity index is 1.85. The quantitative estimate of drug-likeness (QED) is 0.647. The van der Waals surface area contributed by atoms with Crippen LogP contribution in [0, 0.1) is 6.92 Å². The number of rotatable bonds is 4. The van der Waals surface area contributed by atoms with Crippen LogP contribution in [0.3, 0.4) is 0 Å². The summed E-state index contributed by atoms with van der Waals surface area (Å²) in [7, 11) is 0. The van der Waals surface area contributed by atoms with Crippen LogP contribution in [0.4, 0.5) is 5.69 Å². The van der Waals surface area contributed by atoms with Crippen molar-refractivity contribution in [1.82, 2.24) is 10.5 Å². The Morgan fingerprint density at radius 3 is 2.79 bits per heavy atom. The largest absolute Gasteiger partial charge is 0.399 e. The summed E-state index contributed by atoms with van der Waals surface area (Å²) in [5, 5.41) is 6.45. The average molecular weight is 257 g/mol. The van der Waals surface area contributed by atoms with Crippen LogP contribution >= 0.6 is 0 Å². The normalized spacial score (nSPS) is 10.8. The Kier molecular flexibility index (Phi) is 3.97. The highest BCUT2D eigenvalue weighted by atomic mass is 16.5. The maximum absolute atomic E-state index is 11.6. The van der Waals surface area contributed by atoms with Gasteiger partial charge in [0, 0.05) is 17.8 Å². The number of carbonyl (C=O) groups excluding carboxylic acids is 1. The average Bonchev–Trinajstić information content (AvgIpc) is 2.81. The van der Waals surface area contributed by atoms with E-state index >= 15 is 0 Å². The van der Waals surface area contributed by atoms with Crippen LogP contribution in [0.2, 0.25) is 0 Å². The van der Waals surface area contributed by atoms with E-state index in [9.17, 15) is 4.79 Å². The minimum Gasteiger partial charge on any atom is -0.399 e. The minimum absolute atomic E-state index is 0.189. The van der Waals surface area contributed by atoms with Crippen molar-refractivity contribution in [3.63, 3.8) is 0 Å². The van der Waals surface area contributed by atoms with Gasteiger partial charge >= 0.3 is 0 Å². The summed E-state index contributed by atoms with van der Waals surface area (Å²) >= 11 is 0. The van der Waals surface area contributed by atoms with Crippen molar-refractivity contribution in [2.45, 2.75) is 13.5 Å². The smallest absolute Gasteiger partial charge is 0.244 e. The van der Waals surface area contributed by atoms with E-state index < -0.39 is 0 Å². The van der Waals surface area contributed by atoms with Gasteiger partial charge in [0.15, 0.2) is 5.76 Å². The lowest BCUT2D eigenvalue weighted by atomic mass is 10.2. The van der Waals surface area contributed by atoms with Crippen molar-refractivity contribution in [3.05, 3.63) is 53.4 Å². The van der Waals surface area contributed by atoms with Gasteiger partial charge in [0.05, 0.1) is 12.2 Å². The fourth-order valence-corrected chi connectivity index (χ4v) is 1.51. The van der Waals surface area contributed by atoms with Gasteiger partial charge < -0.3 is 15.6 Å². The number of nitrogens with one attached hydrogen (secondary N) is 1. The molecule has 5 heteroatoms. The number of hydrogen-bond acceptors (Lipinski definition) is 4. The zero-order valence-corrected chi connectivity index (χ0v) is 10.6. The Morgan fingerprint density at radius 2 is 2.16 bits per heavy atom. The molecule has 98 valence electrons. The van der Waals surface area contributed by atoms with Crippen LogP contribution in [0.5, 0.6) is 0 Å². The number of benzene rings is 1. The van der Waals surface area contributed by atoms with Crippen LogP contribution in [0.1, 0.15) is 17.0 Å². The molecule has 0 spiro atoms. The van der Waals surface area contributed by atoms with Crippen LogP contribution < -0.4 is 11.1 Å². The Bertz CT molecular complexity index is 585. The summed E-state index contributed by atoms with van der Waals surface area (Å²) in [6.45, 7) is 2.15. The zero-order valence-electron chi connectivity index (χ0n) is 10.6. The SMILES string of the molecule is Cc1cc(CNC(=O)/C=C/c2ccc(N)cc2)on1. The molecule has 0 aliphatic heterocycles. The predicted molar refractivity (Wildman–Crippen MR) is 73.0 cm³/mol. The number of carbonyl (C=O) groups is 1. The molecule has 1 aromatic heterocycles. The standard InChI is InChI=1S/C14H15N3O2/c1-10-8-13(19-17-10)9-16-14(18)7-4-11-2-5-12(15)6-3-11/h2-8H,9,15H2,1H3,(H,16,18)/b7-4+. The number of nitrogens with zero attached hydrogens (tertiary/aromatic N) is 1. The predicted octanol–water partition coefficient (Wildman–Crippen LogP) is 1.89. The molecule has 2 aromatic rings. The molecule has 1 heterocycles. The van der Waals surface area contributed by atoms with Gasteiger partial charge in [-0.15, -0.1) is 0 Å². The van der Waals surface area contributed by atoms with Gasteiger partial charge in [-0.3, -0.25) is 4.79 Å². The number of aromatic nitrogens is 1. The van der Waals surface area contributed by atoms with E-state index in [1.165, 1.54) is 6.08 Å². The van der Waals surface area contributed by atoms with Crippen molar-refractivity contribution < 1.29 is 9.32 Å². The second-order valence-electron chi connectivity index (χ2n) is 4.15. The molecule has 0 radical (unpaired) electrons. The van der Waals surface area contributed by atoms with Crippen LogP contribution in [0.15, 0.2) is 40.9 Å². The second kappa shape index (κ2) is 5.86. The molecule has 19 heavy (non-hydrogen) atoms. The van der Waals surface area contributed by atoms with Crippen LogP contribution in [-0.4, -0.2) is 11.1 Å². The summed E-state index contributed by atoms with van der Waals surface area (Å²) in [6, 6.07) is 9.05. The van der Waals surface area contributed by atoms with E-state index in [1.54, 1.807) is 24.3 Å². The van der Waals surface area contributed by atoms with E-state index in [0.29, 0.717) is 18.0 Å². The fraction of sp³-hybridized carbons (Fsp3) is 0.143. The van der Waals surface area contributed by atoms with Gasteiger partial charge in [-0.25, -0.2) is 0 Å². The topological polar surface area (TPSA) is 81.2 Å². The van der Waals surface area contributed by atoms with Gasteiger partial charge in [0.2, 0.25) is 5.91 Å². The number of anilines is 1. The van der Waals surface area contributed by atoms with E-state index in [1.807, 2.05) is 19.1 Å². The number of nitrogens with two attached hydrogens (primary N) is 1. The number of nitrogen functional groups attached to an aromatic ring is 1. The molecule has 0 saturated heterocycles. The first-order valence-electron chi connectivity index (χ1n) is 5.87.